The third-order valence-electron chi connectivity index (χ3n) is 3.30. The summed E-state index contributed by atoms with van der Waals surface area (Å²) in [7, 11) is 4.54. The van der Waals surface area contributed by atoms with Crippen LogP contribution in [0.2, 0.25) is 0 Å². The lowest BCUT2D eigenvalue weighted by molar-refractivity contribution is -0.114. The highest BCUT2D eigenvalue weighted by molar-refractivity contribution is 6.44. The first-order valence-corrected chi connectivity index (χ1v) is 7.33. The second-order valence-electron chi connectivity index (χ2n) is 4.80. The topological polar surface area (TPSA) is 82.3 Å². The van der Waals surface area contributed by atoms with Crippen molar-refractivity contribution in [3.63, 3.8) is 0 Å². The average molecular weight is 332 g/mol. The second-order valence-corrected chi connectivity index (χ2v) is 4.80. The highest BCUT2D eigenvalue weighted by atomic mass is 16.6. The minimum Gasteiger partial charge on any atom is -0.493 e. The van der Waals surface area contributed by atoms with E-state index in [1.54, 1.807) is 26.4 Å². The molecule has 0 atom stereocenters. The molecule has 0 fully saturated rings. The molecule has 0 aliphatic heterocycles. The van der Waals surface area contributed by atoms with Crippen LogP contribution in [0.1, 0.15) is 11.3 Å². The van der Waals surface area contributed by atoms with Gasteiger partial charge in [-0.2, -0.15) is 0 Å². The molecule has 128 valence electrons. The lowest BCUT2D eigenvalue weighted by Gasteiger charge is -2.10. The zero-order valence-electron chi connectivity index (χ0n) is 13.9. The fourth-order valence-corrected chi connectivity index (χ4v) is 2.14. The van der Waals surface area contributed by atoms with Gasteiger partial charge in [0.15, 0.2) is 17.3 Å². The third kappa shape index (κ3) is 4.28. The molecule has 1 aromatic carbocycles. The zero-order chi connectivity index (χ0) is 17.4. The lowest BCUT2D eigenvalue weighted by atomic mass is 10.1. The maximum atomic E-state index is 12.2. The van der Waals surface area contributed by atoms with Gasteiger partial charge in [-0.15, -0.1) is 0 Å². The highest BCUT2D eigenvalue weighted by Gasteiger charge is 2.17. The molecule has 0 aliphatic carbocycles. The molecule has 0 radical (unpaired) electrons. The normalized spacial score (nSPS) is 11.0. The Labute approximate surface area is 140 Å². The Morgan fingerprint density at radius 3 is 2.58 bits per heavy atom. The fourth-order valence-electron chi connectivity index (χ4n) is 2.14. The van der Waals surface area contributed by atoms with Crippen molar-refractivity contribution in [2.75, 3.05) is 27.9 Å². The van der Waals surface area contributed by atoms with Crippen molar-refractivity contribution < 1.29 is 23.5 Å². The summed E-state index contributed by atoms with van der Waals surface area (Å²) in [6.07, 6.45) is 2.10. The molecule has 1 amide bonds. The van der Waals surface area contributed by atoms with E-state index in [-0.39, 0.29) is 11.6 Å². The maximum absolute atomic E-state index is 12.2. The third-order valence-corrected chi connectivity index (χ3v) is 3.30. The molecular weight excluding hydrogens is 312 g/mol. The van der Waals surface area contributed by atoms with Crippen LogP contribution in [0.15, 0.2) is 46.2 Å². The van der Waals surface area contributed by atoms with Crippen LogP contribution in [0.5, 0.6) is 11.5 Å². The van der Waals surface area contributed by atoms with E-state index in [0.29, 0.717) is 30.2 Å². The van der Waals surface area contributed by atoms with E-state index < -0.39 is 0 Å². The average Bonchev–Trinajstić information content (AvgIpc) is 3.13. The van der Waals surface area contributed by atoms with E-state index in [1.165, 1.54) is 13.4 Å². The Bertz CT molecular complexity index is 695. The molecule has 2 rings (SSSR count). The Balaban J connectivity index is 1.96. The Kier molecular flexibility index (Phi) is 6.24. The molecule has 7 heteroatoms. The summed E-state index contributed by atoms with van der Waals surface area (Å²) < 4.78 is 15.6. The number of amides is 1. The van der Waals surface area contributed by atoms with Gasteiger partial charge in [0.2, 0.25) is 5.71 Å². The number of nitrogens with one attached hydrogen (secondary N) is 1. The number of hydrogen-bond donors (Lipinski definition) is 1. The van der Waals surface area contributed by atoms with Crippen LogP contribution in [-0.4, -0.2) is 39.5 Å². The number of hydrogen-bond acceptors (Lipinski definition) is 6. The van der Waals surface area contributed by atoms with Crippen LogP contribution in [0.25, 0.3) is 0 Å². The number of furan rings is 1. The Morgan fingerprint density at radius 2 is 1.96 bits per heavy atom. The number of carbonyl (C=O) groups is 1. The molecule has 2 aromatic rings. The number of rotatable bonds is 8. The summed E-state index contributed by atoms with van der Waals surface area (Å²) >= 11 is 0. The van der Waals surface area contributed by atoms with Crippen LogP contribution < -0.4 is 14.8 Å². The highest BCUT2D eigenvalue weighted by Crippen LogP contribution is 2.27. The summed E-state index contributed by atoms with van der Waals surface area (Å²) in [5, 5.41) is 6.51. The Hall–Kier alpha value is -2.96. The van der Waals surface area contributed by atoms with E-state index >= 15 is 0 Å². The minimum atomic E-state index is -0.368. The number of oxime groups is 1. The van der Waals surface area contributed by atoms with Crippen molar-refractivity contribution in [3.05, 3.63) is 47.9 Å². The van der Waals surface area contributed by atoms with Crippen LogP contribution in [0.4, 0.5) is 0 Å². The molecule has 0 bridgehead atoms. The van der Waals surface area contributed by atoms with Crippen LogP contribution >= 0.6 is 0 Å². The van der Waals surface area contributed by atoms with Crippen molar-refractivity contribution in [2.45, 2.75) is 6.42 Å². The van der Waals surface area contributed by atoms with Gasteiger partial charge in [0, 0.05) is 6.54 Å². The van der Waals surface area contributed by atoms with E-state index in [1.807, 2.05) is 18.2 Å². The Morgan fingerprint density at radius 1 is 1.17 bits per heavy atom. The van der Waals surface area contributed by atoms with Gasteiger partial charge in [-0.1, -0.05) is 11.2 Å². The number of benzene rings is 1. The van der Waals surface area contributed by atoms with Crippen LogP contribution in [-0.2, 0) is 16.1 Å². The van der Waals surface area contributed by atoms with Crippen molar-refractivity contribution in [3.8, 4) is 11.5 Å². The van der Waals surface area contributed by atoms with Gasteiger partial charge in [0.25, 0.3) is 5.91 Å². The molecule has 1 N–H and O–H groups in total. The predicted octanol–water partition coefficient (Wildman–Crippen LogP) is 2.01. The van der Waals surface area contributed by atoms with Crippen LogP contribution in [0.3, 0.4) is 0 Å². The number of nitrogens with zero attached hydrogens (tertiary/aromatic N) is 1. The molecule has 0 aliphatic rings. The van der Waals surface area contributed by atoms with E-state index in [2.05, 4.69) is 10.5 Å². The van der Waals surface area contributed by atoms with Crippen molar-refractivity contribution in [1.82, 2.24) is 5.32 Å². The fraction of sp³-hybridized carbons (Fsp3) is 0.294. The van der Waals surface area contributed by atoms with Gasteiger partial charge in [-0.3, -0.25) is 4.79 Å². The molecule has 1 heterocycles. The molecule has 24 heavy (non-hydrogen) atoms. The summed E-state index contributed by atoms with van der Waals surface area (Å²) in [4.78, 5) is 16.9. The zero-order valence-corrected chi connectivity index (χ0v) is 13.9. The van der Waals surface area contributed by atoms with Gasteiger partial charge in [-0.25, -0.2) is 0 Å². The maximum Gasteiger partial charge on any atom is 0.277 e. The van der Waals surface area contributed by atoms with Crippen molar-refractivity contribution >= 4 is 11.6 Å². The monoisotopic (exact) mass is 332 g/mol. The first-order valence-electron chi connectivity index (χ1n) is 7.33. The molecule has 0 unspecified atom stereocenters. The standard InChI is InChI=1S/C17H20N2O5/c1-21-13-7-6-12(11-15(13)22-2)8-9-18-17(20)16(19-23-3)14-5-4-10-24-14/h4-7,10-11H,8-9H2,1-3H3,(H,18,20). The number of ether oxygens (including phenoxy) is 2. The quantitative estimate of drug-likeness (QED) is 0.591. The summed E-state index contributed by atoms with van der Waals surface area (Å²) in [6.45, 7) is 0.428. The molecule has 0 spiro atoms. The first-order chi connectivity index (χ1) is 11.7. The minimum absolute atomic E-state index is 0.0924. The SMILES string of the molecule is CON=C(C(=O)NCCc1ccc(OC)c(OC)c1)c1ccco1. The number of methoxy groups -OCH3 is 2. The molecular formula is C17H20N2O5. The van der Waals surface area contributed by atoms with Gasteiger partial charge in [0.1, 0.15) is 7.11 Å². The number of carbonyl (C=O) groups excluding carboxylic acids is 1. The second kappa shape index (κ2) is 8.61. The molecule has 7 nitrogen and oxygen atoms in total. The van der Waals surface area contributed by atoms with E-state index in [0.717, 1.165) is 5.56 Å². The van der Waals surface area contributed by atoms with Gasteiger partial charge < -0.3 is 24.0 Å². The summed E-state index contributed by atoms with van der Waals surface area (Å²) in [5.41, 5.74) is 1.10. The predicted molar refractivity (Wildman–Crippen MR) is 88.5 cm³/mol. The van der Waals surface area contributed by atoms with Gasteiger partial charge >= 0.3 is 0 Å². The van der Waals surface area contributed by atoms with Gasteiger partial charge in [0.05, 0.1) is 20.5 Å². The molecule has 0 saturated carbocycles. The first kappa shape index (κ1) is 17.4. The van der Waals surface area contributed by atoms with Gasteiger partial charge in [-0.05, 0) is 36.2 Å². The van der Waals surface area contributed by atoms with Crippen LogP contribution in [0, 0.1) is 0 Å². The van der Waals surface area contributed by atoms with Crippen molar-refractivity contribution in [2.24, 2.45) is 5.16 Å². The van der Waals surface area contributed by atoms with Crippen molar-refractivity contribution in [1.29, 1.82) is 0 Å². The lowest BCUT2D eigenvalue weighted by Crippen LogP contribution is -2.33. The molecule has 0 saturated heterocycles. The van der Waals surface area contributed by atoms with E-state index in [9.17, 15) is 4.79 Å². The molecule has 1 aromatic heterocycles. The summed E-state index contributed by atoms with van der Waals surface area (Å²) in [5.74, 6) is 1.30. The smallest absolute Gasteiger partial charge is 0.277 e. The summed E-state index contributed by atoms with van der Waals surface area (Å²) in [6, 6.07) is 8.95. The largest absolute Gasteiger partial charge is 0.493 e. The van der Waals surface area contributed by atoms with E-state index in [4.69, 9.17) is 18.7 Å².